The lowest BCUT2D eigenvalue weighted by Crippen LogP contribution is -2.12. The number of thiophene rings is 1. The Bertz CT molecular complexity index is 593. The van der Waals surface area contributed by atoms with Gasteiger partial charge in [0.15, 0.2) is 0 Å². The topological polar surface area (TPSA) is 85.6 Å². The Labute approximate surface area is 120 Å². The summed E-state index contributed by atoms with van der Waals surface area (Å²) < 4.78 is 11.9. The van der Waals surface area contributed by atoms with Crippen LogP contribution in [0.2, 0.25) is 0 Å². The number of aliphatic hydroxyl groups excluding tert-OH is 1. The number of methoxy groups -OCH3 is 1. The molecule has 7 nitrogen and oxygen atoms in total. The third-order valence-electron chi connectivity index (χ3n) is 2.58. The smallest absolute Gasteiger partial charge is 0.348 e. The van der Waals surface area contributed by atoms with Crippen LogP contribution in [0, 0.1) is 0 Å². The van der Waals surface area contributed by atoms with E-state index in [0.29, 0.717) is 30.7 Å². The van der Waals surface area contributed by atoms with Crippen molar-refractivity contribution in [3.8, 4) is 0 Å². The predicted molar refractivity (Wildman–Crippen MR) is 76.2 cm³/mol. The lowest BCUT2D eigenvalue weighted by molar-refractivity contribution is 0.0532. The number of anilines is 1. The maximum absolute atomic E-state index is 11.7. The van der Waals surface area contributed by atoms with Gasteiger partial charge in [-0.05, 0) is 13.0 Å². The second-order valence-corrected chi connectivity index (χ2v) is 4.98. The van der Waals surface area contributed by atoms with Gasteiger partial charge in [0, 0.05) is 13.7 Å². The van der Waals surface area contributed by atoms with Crippen molar-refractivity contribution in [3.63, 3.8) is 0 Å². The lowest BCUT2D eigenvalue weighted by atomic mass is 10.4. The Hall–Kier alpha value is -1.64. The van der Waals surface area contributed by atoms with Gasteiger partial charge in [0.1, 0.15) is 16.4 Å². The van der Waals surface area contributed by atoms with Crippen LogP contribution < -0.4 is 5.32 Å². The standard InChI is InChI=1S/C12H17N3O4S/c1-3-19-11(17)9-6-8-10(20-9)14-12(13-4-5-16)15(8)7-18-2/h6,16H,3-5,7H2,1-2H3,(H,13,14). The summed E-state index contributed by atoms with van der Waals surface area (Å²) in [7, 11) is 1.58. The van der Waals surface area contributed by atoms with Crippen LogP contribution >= 0.6 is 11.3 Å². The van der Waals surface area contributed by atoms with E-state index < -0.39 is 0 Å². The molecule has 0 saturated heterocycles. The third-order valence-corrected chi connectivity index (χ3v) is 3.58. The molecule has 110 valence electrons. The molecule has 2 aromatic rings. The van der Waals surface area contributed by atoms with E-state index in [0.717, 1.165) is 10.3 Å². The number of nitrogens with one attached hydrogen (secondary N) is 1. The van der Waals surface area contributed by atoms with Gasteiger partial charge in [0.05, 0.1) is 18.7 Å². The number of fused-ring (bicyclic) bond motifs is 1. The van der Waals surface area contributed by atoms with Crippen LogP contribution in [0.15, 0.2) is 6.07 Å². The second-order valence-electron chi connectivity index (χ2n) is 3.95. The van der Waals surface area contributed by atoms with E-state index in [9.17, 15) is 4.79 Å². The van der Waals surface area contributed by atoms with Crippen LogP contribution in [0.5, 0.6) is 0 Å². The first-order valence-electron chi connectivity index (χ1n) is 6.22. The fraction of sp³-hybridized carbons (Fsp3) is 0.500. The predicted octanol–water partition coefficient (Wildman–Crippen LogP) is 1.28. The first kappa shape index (κ1) is 14.8. The summed E-state index contributed by atoms with van der Waals surface area (Å²) in [4.78, 5) is 17.4. The van der Waals surface area contributed by atoms with Crippen molar-refractivity contribution in [1.82, 2.24) is 9.55 Å². The Morgan fingerprint density at radius 3 is 3.05 bits per heavy atom. The number of nitrogens with zero attached hydrogens (tertiary/aromatic N) is 2. The molecule has 0 aliphatic rings. The van der Waals surface area contributed by atoms with Crippen LogP contribution in [0.25, 0.3) is 10.3 Å². The summed E-state index contributed by atoms with van der Waals surface area (Å²) in [6.45, 7) is 2.84. The molecule has 0 bridgehead atoms. The molecule has 2 rings (SSSR count). The Balaban J connectivity index is 2.35. The molecule has 0 saturated carbocycles. The van der Waals surface area contributed by atoms with E-state index in [-0.39, 0.29) is 12.6 Å². The van der Waals surface area contributed by atoms with Crippen LogP contribution in [-0.2, 0) is 16.2 Å². The van der Waals surface area contributed by atoms with Crippen molar-refractivity contribution in [3.05, 3.63) is 10.9 Å². The van der Waals surface area contributed by atoms with Gasteiger partial charge in [0.25, 0.3) is 0 Å². The molecule has 0 amide bonds. The van der Waals surface area contributed by atoms with Crippen molar-refractivity contribution >= 4 is 33.6 Å². The first-order chi connectivity index (χ1) is 9.71. The number of hydrogen-bond acceptors (Lipinski definition) is 7. The van der Waals surface area contributed by atoms with Crippen LogP contribution in [0.4, 0.5) is 5.95 Å². The van der Waals surface area contributed by atoms with Crippen molar-refractivity contribution in [1.29, 1.82) is 0 Å². The van der Waals surface area contributed by atoms with E-state index in [2.05, 4.69) is 10.3 Å². The highest BCUT2D eigenvalue weighted by Gasteiger charge is 2.17. The molecule has 2 N–H and O–H groups in total. The van der Waals surface area contributed by atoms with E-state index in [1.807, 2.05) is 4.57 Å². The molecule has 0 unspecified atom stereocenters. The number of hydrogen-bond donors (Lipinski definition) is 2. The van der Waals surface area contributed by atoms with Gasteiger partial charge in [-0.25, -0.2) is 9.78 Å². The second kappa shape index (κ2) is 6.69. The highest BCUT2D eigenvalue weighted by Crippen LogP contribution is 2.28. The van der Waals surface area contributed by atoms with Crippen molar-refractivity contribution < 1.29 is 19.4 Å². The number of aromatic nitrogens is 2. The van der Waals surface area contributed by atoms with Crippen LogP contribution in [0.3, 0.4) is 0 Å². The quantitative estimate of drug-likeness (QED) is 0.749. The van der Waals surface area contributed by atoms with E-state index in [1.165, 1.54) is 11.3 Å². The van der Waals surface area contributed by atoms with Gasteiger partial charge in [-0.15, -0.1) is 11.3 Å². The highest BCUT2D eigenvalue weighted by atomic mass is 32.1. The Morgan fingerprint density at radius 1 is 1.60 bits per heavy atom. The van der Waals surface area contributed by atoms with Crippen molar-refractivity contribution in [2.45, 2.75) is 13.7 Å². The third kappa shape index (κ3) is 2.92. The van der Waals surface area contributed by atoms with E-state index in [4.69, 9.17) is 14.6 Å². The summed E-state index contributed by atoms with van der Waals surface area (Å²) in [6.07, 6.45) is 0. The average molecular weight is 299 g/mol. The minimum atomic E-state index is -0.343. The number of aliphatic hydroxyl groups is 1. The van der Waals surface area contributed by atoms with Gasteiger partial charge < -0.3 is 19.9 Å². The molecule has 0 radical (unpaired) electrons. The monoisotopic (exact) mass is 299 g/mol. The number of ether oxygens (including phenoxy) is 2. The van der Waals surface area contributed by atoms with Gasteiger partial charge in [-0.2, -0.15) is 0 Å². The molecule has 20 heavy (non-hydrogen) atoms. The van der Waals surface area contributed by atoms with Crippen LogP contribution in [-0.4, -0.2) is 47.5 Å². The molecule has 8 heteroatoms. The summed E-state index contributed by atoms with van der Waals surface area (Å²) >= 11 is 1.28. The normalized spacial score (nSPS) is 10.9. The van der Waals surface area contributed by atoms with Gasteiger partial charge in [-0.3, -0.25) is 4.57 Å². The fourth-order valence-electron chi connectivity index (χ4n) is 1.78. The number of carbonyl (C=O) groups is 1. The van der Waals surface area contributed by atoms with Crippen LogP contribution in [0.1, 0.15) is 16.6 Å². The zero-order chi connectivity index (χ0) is 14.5. The maximum atomic E-state index is 11.7. The van der Waals surface area contributed by atoms with E-state index in [1.54, 1.807) is 20.1 Å². The average Bonchev–Trinajstić information content (AvgIpc) is 2.96. The molecule has 0 aliphatic carbocycles. The molecule has 0 spiro atoms. The van der Waals surface area contributed by atoms with Gasteiger partial charge >= 0.3 is 5.97 Å². The molecule has 2 heterocycles. The van der Waals surface area contributed by atoms with Crippen molar-refractivity contribution in [2.75, 3.05) is 32.2 Å². The number of rotatable bonds is 7. The SMILES string of the molecule is CCOC(=O)c1cc2c(nc(NCCO)n2COC)s1. The zero-order valence-corrected chi connectivity index (χ0v) is 12.2. The Kier molecular flexibility index (Phi) is 4.94. The molecule has 0 aromatic carbocycles. The maximum Gasteiger partial charge on any atom is 0.348 e. The minimum Gasteiger partial charge on any atom is -0.462 e. The number of esters is 1. The first-order valence-corrected chi connectivity index (χ1v) is 7.03. The molecular weight excluding hydrogens is 282 g/mol. The molecule has 0 fully saturated rings. The number of carbonyl (C=O) groups excluding carboxylic acids is 1. The van der Waals surface area contributed by atoms with E-state index >= 15 is 0 Å². The fourth-order valence-corrected chi connectivity index (χ4v) is 2.71. The van der Waals surface area contributed by atoms with Gasteiger partial charge in [-0.1, -0.05) is 0 Å². The van der Waals surface area contributed by atoms with Crippen molar-refractivity contribution in [2.24, 2.45) is 0 Å². The summed E-state index contributed by atoms with van der Waals surface area (Å²) in [6, 6.07) is 1.74. The molecule has 0 atom stereocenters. The molecule has 0 aliphatic heterocycles. The zero-order valence-electron chi connectivity index (χ0n) is 11.4. The molecular formula is C12H17N3O4S. The summed E-state index contributed by atoms with van der Waals surface area (Å²) in [5.41, 5.74) is 0.806. The summed E-state index contributed by atoms with van der Waals surface area (Å²) in [5, 5.41) is 11.9. The molecule has 2 aromatic heterocycles. The lowest BCUT2D eigenvalue weighted by Gasteiger charge is -2.08. The van der Waals surface area contributed by atoms with Gasteiger partial charge in [0.2, 0.25) is 5.95 Å². The minimum absolute atomic E-state index is 0.0154. The summed E-state index contributed by atoms with van der Waals surface area (Å²) in [5.74, 6) is 0.266. The highest BCUT2D eigenvalue weighted by molar-refractivity contribution is 7.20. The number of imidazole rings is 1. The largest absolute Gasteiger partial charge is 0.462 e. The Morgan fingerprint density at radius 2 is 2.40 bits per heavy atom.